The van der Waals surface area contributed by atoms with Crippen molar-refractivity contribution in [2.75, 3.05) is 0 Å². The van der Waals surface area contributed by atoms with Crippen molar-refractivity contribution in [1.82, 2.24) is 0 Å². The van der Waals surface area contributed by atoms with Crippen molar-refractivity contribution in [3.8, 4) is 0 Å². The number of hydrogen-bond acceptors (Lipinski definition) is 0. The molecule has 0 spiro atoms. The first kappa shape index (κ1) is 12.2. The van der Waals surface area contributed by atoms with Crippen LogP contribution < -0.4 is 0 Å². The summed E-state index contributed by atoms with van der Waals surface area (Å²) >= 11 is 0. The zero-order valence-electron chi connectivity index (χ0n) is 9.77. The highest BCUT2D eigenvalue weighted by atomic mass is 19.1. The lowest BCUT2D eigenvalue weighted by Crippen LogP contribution is -2.18. The van der Waals surface area contributed by atoms with Gasteiger partial charge in [0.25, 0.3) is 0 Å². The number of rotatable bonds is 2. The zero-order valence-corrected chi connectivity index (χ0v) is 9.77. The molecule has 0 aliphatic carbocycles. The summed E-state index contributed by atoms with van der Waals surface area (Å²) in [7, 11) is 0. The largest absolute Gasteiger partial charge is 0.207 e. The highest BCUT2D eigenvalue weighted by molar-refractivity contribution is 5.23. The summed E-state index contributed by atoms with van der Waals surface area (Å²) in [6, 6.07) is 3.78. The van der Waals surface area contributed by atoms with E-state index < -0.39 is 11.6 Å². The number of halogens is 2. The number of benzene rings is 1. The Hall–Kier alpha value is -0.920. The van der Waals surface area contributed by atoms with Crippen molar-refractivity contribution in [1.29, 1.82) is 0 Å². The van der Waals surface area contributed by atoms with E-state index in [4.69, 9.17) is 0 Å². The van der Waals surface area contributed by atoms with Crippen LogP contribution in [-0.2, 0) is 0 Å². The van der Waals surface area contributed by atoms with Crippen LogP contribution >= 0.6 is 0 Å². The minimum Gasteiger partial charge on any atom is -0.207 e. The standard InChI is InChI=1S/C13H18F2/c1-5-12(13(2,3)4)9-6-10(14)8-11(15)7-9/h6-8,12H,5H2,1-4H3/t12-/m0/s1. The van der Waals surface area contributed by atoms with Gasteiger partial charge in [0.15, 0.2) is 0 Å². The van der Waals surface area contributed by atoms with Gasteiger partial charge in [-0.1, -0.05) is 27.7 Å². The molecule has 1 aromatic rings. The summed E-state index contributed by atoms with van der Waals surface area (Å²) in [6.07, 6.45) is 0.881. The molecule has 0 fully saturated rings. The van der Waals surface area contributed by atoms with E-state index >= 15 is 0 Å². The van der Waals surface area contributed by atoms with Gasteiger partial charge in [0, 0.05) is 6.07 Å². The maximum absolute atomic E-state index is 13.1. The highest BCUT2D eigenvalue weighted by Gasteiger charge is 2.25. The Labute approximate surface area is 90.3 Å². The maximum Gasteiger partial charge on any atom is 0.126 e. The van der Waals surface area contributed by atoms with Crippen LogP contribution in [0.25, 0.3) is 0 Å². The second kappa shape index (κ2) is 4.30. The SMILES string of the molecule is CC[C@@H](c1cc(F)cc(F)c1)C(C)(C)C. The molecule has 0 saturated carbocycles. The van der Waals surface area contributed by atoms with Crippen molar-refractivity contribution in [3.63, 3.8) is 0 Å². The minimum absolute atomic E-state index is 0.0228. The van der Waals surface area contributed by atoms with E-state index in [9.17, 15) is 8.78 Å². The fourth-order valence-corrected chi connectivity index (χ4v) is 2.12. The zero-order chi connectivity index (χ0) is 11.6. The monoisotopic (exact) mass is 212 g/mol. The Kier molecular flexibility index (Phi) is 3.48. The van der Waals surface area contributed by atoms with Crippen LogP contribution in [0.4, 0.5) is 8.78 Å². The Morgan fingerprint density at radius 2 is 1.53 bits per heavy atom. The third-order valence-corrected chi connectivity index (χ3v) is 2.74. The molecule has 0 aliphatic rings. The third kappa shape index (κ3) is 3.01. The van der Waals surface area contributed by atoms with E-state index in [1.807, 2.05) is 6.92 Å². The molecule has 0 amide bonds. The smallest absolute Gasteiger partial charge is 0.126 e. The molecule has 1 atom stereocenters. The predicted octanol–water partition coefficient (Wildman–Crippen LogP) is 4.50. The predicted molar refractivity (Wildman–Crippen MR) is 58.8 cm³/mol. The third-order valence-electron chi connectivity index (χ3n) is 2.74. The Balaban J connectivity index is 3.13. The van der Waals surface area contributed by atoms with E-state index in [1.54, 1.807) is 0 Å². The molecule has 0 radical (unpaired) electrons. The van der Waals surface area contributed by atoms with Crippen molar-refractivity contribution in [2.24, 2.45) is 5.41 Å². The Bertz CT molecular complexity index is 317. The van der Waals surface area contributed by atoms with Crippen LogP contribution in [-0.4, -0.2) is 0 Å². The second-order valence-corrected chi connectivity index (χ2v) is 5.03. The normalized spacial score (nSPS) is 14.0. The van der Waals surface area contributed by atoms with Gasteiger partial charge in [-0.3, -0.25) is 0 Å². The van der Waals surface area contributed by atoms with Gasteiger partial charge in [-0.05, 0) is 35.4 Å². The quantitative estimate of drug-likeness (QED) is 0.676. The van der Waals surface area contributed by atoms with Gasteiger partial charge in [-0.25, -0.2) is 8.78 Å². The summed E-state index contributed by atoms with van der Waals surface area (Å²) in [5, 5.41) is 0. The fraction of sp³-hybridized carbons (Fsp3) is 0.538. The molecule has 2 heteroatoms. The van der Waals surface area contributed by atoms with Crippen LogP contribution in [0.1, 0.15) is 45.6 Å². The molecule has 0 heterocycles. The molecule has 0 bridgehead atoms. The van der Waals surface area contributed by atoms with E-state index in [-0.39, 0.29) is 11.3 Å². The first-order chi connectivity index (χ1) is 6.84. The van der Waals surface area contributed by atoms with E-state index in [0.29, 0.717) is 0 Å². The molecular formula is C13H18F2. The topological polar surface area (TPSA) is 0 Å². The van der Waals surface area contributed by atoms with Gasteiger partial charge in [-0.2, -0.15) is 0 Å². The summed E-state index contributed by atoms with van der Waals surface area (Å²) in [4.78, 5) is 0. The van der Waals surface area contributed by atoms with Crippen LogP contribution in [0, 0.1) is 17.0 Å². The molecule has 1 rings (SSSR count). The Morgan fingerprint density at radius 1 is 1.07 bits per heavy atom. The van der Waals surface area contributed by atoms with Gasteiger partial charge in [0.1, 0.15) is 11.6 Å². The molecule has 0 aromatic heterocycles. The highest BCUT2D eigenvalue weighted by Crippen LogP contribution is 2.37. The van der Waals surface area contributed by atoms with E-state index in [2.05, 4.69) is 20.8 Å². The average Bonchev–Trinajstić information content (AvgIpc) is 1.99. The van der Waals surface area contributed by atoms with Crippen molar-refractivity contribution in [2.45, 2.75) is 40.0 Å². The summed E-state index contributed by atoms with van der Waals surface area (Å²) < 4.78 is 26.1. The van der Waals surface area contributed by atoms with Gasteiger partial charge in [0.2, 0.25) is 0 Å². The van der Waals surface area contributed by atoms with Gasteiger partial charge < -0.3 is 0 Å². The molecule has 1 aromatic carbocycles. The molecule has 84 valence electrons. The van der Waals surface area contributed by atoms with Crippen LogP contribution in [0.2, 0.25) is 0 Å². The van der Waals surface area contributed by atoms with Crippen LogP contribution in [0.3, 0.4) is 0 Å². The number of hydrogen-bond donors (Lipinski definition) is 0. The summed E-state index contributed by atoms with van der Waals surface area (Å²) in [6.45, 7) is 8.30. The lowest BCUT2D eigenvalue weighted by Gasteiger charge is -2.30. The van der Waals surface area contributed by atoms with Gasteiger partial charge >= 0.3 is 0 Å². The van der Waals surface area contributed by atoms with Crippen LogP contribution in [0.15, 0.2) is 18.2 Å². The summed E-state index contributed by atoms with van der Waals surface area (Å²) in [5.41, 5.74) is 0.775. The van der Waals surface area contributed by atoms with E-state index in [0.717, 1.165) is 18.1 Å². The molecule has 0 aliphatic heterocycles. The van der Waals surface area contributed by atoms with Crippen LogP contribution in [0.5, 0.6) is 0 Å². The molecule has 0 unspecified atom stereocenters. The average molecular weight is 212 g/mol. The first-order valence-corrected chi connectivity index (χ1v) is 5.30. The lowest BCUT2D eigenvalue weighted by molar-refractivity contribution is 0.311. The van der Waals surface area contributed by atoms with Crippen molar-refractivity contribution < 1.29 is 8.78 Å². The second-order valence-electron chi connectivity index (χ2n) is 5.03. The minimum atomic E-state index is -0.493. The molecule has 15 heavy (non-hydrogen) atoms. The first-order valence-electron chi connectivity index (χ1n) is 5.30. The van der Waals surface area contributed by atoms with Crippen molar-refractivity contribution in [3.05, 3.63) is 35.4 Å². The van der Waals surface area contributed by atoms with Gasteiger partial charge in [0.05, 0.1) is 0 Å². The molecule has 0 saturated heterocycles. The molecule has 0 N–H and O–H groups in total. The summed E-state index contributed by atoms with van der Waals surface area (Å²) in [5.74, 6) is -0.803. The van der Waals surface area contributed by atoms with E-state index in [1.165, 1.54) is 12.1 Å². The van der Waals surface area contributed by atoms with Gasteiger partial charge in [-0.15, -0.1) is 0 Å². The fourth-order valence-electron chi connectivity index (χ4n) is 2.12. The Morgan fingerprint density at radius 3 is 1.87 bits per heavy atom. The maximum atomic E-state index is 13.1. The lowest BCUT2D eigenvalue weighted by atomic mass is 9.75. The van der Waals surface area contributed by atoms with Crippen molar-refractivity contribution >= 4 is 0 Å². The molecule has 0 nitrogen and oxygen atoms in total. The molecular weight excluding hydrogens is 194 g/mol.